The van der Waals surface area contributed by atoms with Crippen molar-refractivity contribution < 1.29 is 4.79 Å². The summed E-state index contributed by atoms with van der Waals surface area (Å²) in [5.74, 6) is 0.778. The van der Waals surface area contributed by atoms with Gasteiger partial charge in [0, 0.05) is 30.5 Å². The van der Waals surface area contributed by atoms with E-state index in [0.29, 0.717) is 12.6 Å². The van der Waals surface area contributed by atoms with E-state index in [9.17, 15) is 4.79 Å². The summed E-state index contributed by atoms with van der Waals surface area (Å²) >= 11 is 0. The van der Waals surface area contributed by atoms with Crippen molar-refractivity contribution in [3.63, 3.8) is 0 Å². The van der Waals surface area contributed by atoms with Gasteiger partial charge in [-0.15, -0.1) is 0 Å². The lowest BCUT2D eigenvalue weighted by Crippen LogP contribution is -2.46. The number of carbonyl (C=O) groups is 1. The normalized spacial score (nSPS) is 18.9. The molecule has 0 spiro atoms. The zero-order valence-corrected chi connectivity index (χ0v) is 14.4. The molecule has 1 fully saturated rings. The molecule has 0 aromatic carbocycles. The standard InChI is InChI=1S/C17H26N6O/c1-14(2)23-16(7-9-19-23)20-17(24)13-21-10-4-3-6-15(21)12-22-11-5-8-18-22/h5,7-9,11,14-15H,3-4,6,10,12-13H2,1-2H3,(H,20,24). The predicted octanol–water partition coefficient (Wildman–Crippen LogP) is 2.15. The highest BCUT2D eigenvalue weighted by atomic mass is 16.2. The van der Waals surface area contributed by atoms with Crippen molar-refractivity contribution in [2.24, 2.45) is 0 Å². The fraction of sp³-hybridized carbons (Fsp3) is 0.588. The summed E-state index contributed by atoms with van der Waals surface area (Å²) in [6.07, 6.45) is 8.96. The Morgan fingerprint density at radius 3 is 2.96 bits per heavy atom. The van der Waals surface area contributed by atoms with Gasteiger partial charge < -0.3 is 5.32 Å². The summed E-state index contributed by atoms with van der Waals surface area (Å²) in [4.78, 5) is 14.8. The van der Waals surface area contributed by atoms with E-state index in [1.165, 1.54) is 6.42 Å². The molecule has 24 heavy (non-hydrogen) atoms. The maximum Gasteiger partial charge on any atom is 0.239 e. The molecule has 1 aliphatic rings. The molecule has 2 aromatic heterocycles. The number of amides is 1. The Labute approximate surface area is 142 Å². The van der Waals surface area contributed by atoms with Gasteiger partial charge in [0.15, 0.2) is 0 Å². The zero-order chi connectivity index (χ0) is 16.9. The van der Waals surface area contributed by atoms with Gasteiger partial charge in [0.25, 0.3) is 0 Å². The van der Waals surface area contributed by atoms with Crippen molar-refractivity contribution >= 4 is 11.7 Å². The van der Waals surface area contributed by atoms with Crippen molar-refractivity contribution in [3.05, 3.63) is 30.7 Å². The van der Waals surface area contributed by atoms with Gasteiger partial charge in [0.2, 0.25) is 5.91 Å². The first-order valence-corrected chi connectivity index (χ1v) is 8.68. The van der Waals surface area contributed by atoms with E-state index >= 15 is 0 Å². The number of hydrogen-bond donors (Lipinski definition) is 1. The Balaban J connectivity index is 1.60. The van der Waals surface area contributed by atoms with E-state index in [4.69, 9.17) is 0 Å². The summed E-state index contributed by atoms with van der Waals surface area (Å²) in [6.45, 7) is 6.31. The molecule has 3 rings (SSSR count). The lowest BCUT2D eigenvalue weighted by Gasteiger charge is -2.35. The molecular weight excluding hydrogens is 304 g/mol. The van der Waals surface area contributed by atoms with E-state index in [1.54, 1.807) is 12.4 Å². The van der Waals surface area contributed by atoms with Crippen LogP contribution in [0.1, 0.15) is 39.2 Å². The third-order valence-electron chi connectivity index (χ3n) is 4.48. The molecule has 130 valence electrons. The SMILES string of the molecule is CC(C)n1nccc1NC(=O)CN1CCCCC1Cn1cccn1. The lowest BCUT2D eigenvalue weighted by molar-refractivity contribution is -0.118. The van der Waals surface area contributed by atoms with E-state index < -0.39 is 0 Å². The Hall–Kier alpha value is -2.15. The van der Waals surface area contributed by atoms with Gasteiger partial charge in [-0.2, -0.15) is 10.2 Å². The first-order valence-electron chi connectivity index (χ1n) is 8.68. The largest absolute Gasteiger partial charge is 0.310 e. The maximum absolute atomic E-state index is 12.5. The number of likely N-dealkylation sites (tertiary alicyclic amines) is 1. The first kappa shape index (κ1) is 16.7. The minimum atomic E-state index is 0.0183. The maximum atomic E-state index is 12.5. The molecular formula is C17H26N6O. The van der Waals surface area contributed by atoms with Crippen molar-refractivity contribution in [3.8, 4) is 0 Å². The number of hydrogen-bond acceptors (Lipinski definition) is 4. The second-order valence-corrected chi connectivity index (χ2v) is 6.65. The van der Waals surface area contributed by atoms with Gasteiger partial charge in [-0.3, -0.25) is 14.4 Å². The highest BCUT2D eigenvalue weighted by Crippen LogP contribution is 2.19. The second kappa shape index (κ2) is 7.61. The van der Waals surface area contributed by atoms with Crippen LogP contribution in [0.3, 0.4) is 0 Å². The Morgan fingerprint density at radius 1 is 1.33 bits per heavy atom. The number of carbonyl (C=O) groups excluding carboxylic acids is 1. The highest BCUT2D eigenvalue weighted by Gasteiger charge is 2.25. The van der Waals surface area contributed by atoms with Crippen LogP contribution in [0.25, 0.3) is 0 Å². The number of nitrogens with zero attached hydrogens (tertiary/aromatic N) is 5. The van der Waals surface area contributed by atoms with Crippen LogP contribution in [-0.2, 0) is 11.3 Å². The molecule has 1 amide bonds. The summed E-state index contributed by atoms with van der Waals surface area (Å²) in [5, 5.41) is 11.5. The number of rotatable bonds is 6. The van der Waals surface area contributed by atoms with E-state index in [2.05, 4.69) is 20.4 Å². The van der Waals surface area contributed by atoms with Crippen LogP contribution in [0, 0.1) is 0 Å². The number of anilines is 1. The van der Waals surface area contributed by atoms with Crippen LogP contribution in [0.2, 0.25) is 0 Å². The van der Waals surface area contributed by atoms with Gasteiger partial charge in [0.1, 0.15) is 5.82 Å². The van der Waals surface area contributed by atoms with Crippen LogP contribution in [0.4, 0.5) is 5.82 Å². The van der Waals surface area contributed by atoms with Crippen LogP contribution >= 0.6 is 0 Å². The molecule has 1 aliphatic heterocycles. The summed E-state index contributed by atoms with van der Waals surface area (Å²) in [5.41, 5.74) is 0. The molecule has 1 N–H and O–H groups in total. The van der Waals surface area contributed by atoms with Gasteiger partial charge in [0.05, 0.1) is 19.3 Å². The molecule has 1 saturated heterocycles. The van der Waals surface area contributed by atoms with E-state index in [1.807, 2.05) is 41.5 Å². The average Bonchev–Trinajstić information content (AvgIpc) is 3.21. The fourth-order valence-electron chi connectivity index (χ4n) is 3.29. The molecule has 0 radical (unpaired) electrons. The molecule has 2 aromatic rings. The van der Waals surface area contributed by atoms with Crippen LogP contribution in [0.5, 0.6) is 0 Å². The fourth-order valence-corrected chi connectivity index (χ4v) is 3.29. The van der Waals surface area contributed by atoms with Gasteiger partial charge in [-0.05, 0) is 39.3 Å². The molecule has 7 heteroatoms. The molecule has 0 saturated carbocycles. The summed E-state index contributed by atoms with van der Waals surface area (Å²) < 4.78 is 3.78. The van der Waals surface area contributed by atoms with Crippen molar-refractivity contribution in [2.75, 3.05) is 18.4 Å². The second-order valence-electron chi connectivity index (χ2n) is 6.65. The van der Waals surface area contributed by atoms with Crippen LogP contribution < -0.4 is 5.32 Å². The van der Waals surface area contributed by atoms with Gasteiger partial charge in [-0.1, -0.05) is 6.42 Å². The Morgan fingerprint density at radius 2 is 2.21 bits per heavy atom. The monoisotopic (exact) mass is 330 g/mol. The molecule has 1 unspecified atom stereocenters. The molecule has 0 aliphatic carbocycles. The molecule has 1 atom stereocenters. The topological polar surface area (TPSA) is 68.0 Å². The molecule has 7 nitrogen and oxygen atoms in total. The van der Waals surface area contributed by atoms with E-state index in [0.717, 1.165) is 31.7 Å². The van der Waals surface area contributed by atoms with Crippen LogP contribution in [0.15, 0.2) is 30.7 Å². The lowest BCUT2D eigenvalue weighted by atomic mass is 10.0. The third kappa shape index (κ3) is 4.03. The summed E-state index contributed by atoms with van der Waals surface area (Å²) in [6, 6.07) is 4.36. The Bertz CT molecular complexity index is 648. The highest BCUT2D eigenvalue weighted by molar-refractivity contribution is 5.91. The number of piperidine rings is 1. The summed E-state index contributed by atoms with van der Waals surface area (Å²) in [7, 11) is 0. The molecule has 3 heterocycles. The predicted molar refractivity (Wildman–Crippen MR) is 92.7 cm³/mol. The number of aromatic nitrogens is 4. The van der Waals surface area contributed by atoms with Gasteiger partial charge in [-0.25, -0.2) is 4.68 Å². The van der Waals surface area contributed by atoms with Gasteiger partial charge >= 0.3 is 0 Å². The Kier molecular flexibility index (Phi) is 5.30. The zero-order valence-electron chi connectivity index (χ0n) is 14.4. The van der Waals surface area contributed by atoms with Crippen molar-refractivity contribution in [2.45, 2.75) is 51.7 Å². The quantitative estimate of drug-likeness (QED) is 0.881. The minimum absolute atomic E-state index is 0.0183. The average molecular weight is 330 g/mol. The number of nitrogens with one attached hydrogen (secondary N) is 1. The minimum Gasteiger partial charge on any atom is -0.310 e. The molecule has 0 bridgehead atoms. The van der Waals surface area contributed by atoms with Crippen molar-refractivity contribution in [1.29, 1.82) is 0 Å². The van der Waals surface area contributed by atoms with E-state index in [-0.39, 0.29) is 11.9 Å². The van der Waals surface area contributed by atoms with Crippen molar-refractivity contribution in [1.82, 2.24) is 24.5 Å². The smallest absolute Gasteiger partial charge is 0.239 e. The van der Waals surface area contributed by atoms with Crippen LogP contribution in [-0.4, -0.2) is 49.5 Å². The first-order chi connectivity index (χ1) is 11.6. The third-order valence-corrected chi connectivity index (χ3v) is 4.48.